The Kier molecular flexibility index (Phi) is 8.57. The Balaban J connectivity index is 2.27. The SMILES string of the molecule is [N-]=[N+]=C(S(=O)(=O)CCS(=O)(=O)C(=[N+]=[N-])S(=O)(=O)C1CCCCC1)S(=O)(=O)C1CCCCC1. The third-order valence-corrected chi connectivity index (χ3v) is 15.5. The van der Waals surface area contributed by atoms with Crippen molar-refractivity contribution in [2.24, 2.45) is 0 Å². The maximum Gasteiger partial charge on any atom is 0.495 e. The molecule has 0 radical (unpaired) electrons. The van der Waals surface area contributed by atoms with Gasteiger partial charge in [-0.15, -0.1) is 9.58 Å². The quantitative estimate of drug-likeness (QED) is 0.211. The molecule has 0 saturated heterocycles. The second-order valence-corrected chi connectivity index (χ2v) is 16.8. The maximum absolute atomic E-state index is 12.7. The van der Waals surface area contributed by atoms with Crippen molar-refractivity contribution in [3.63, 3.8) is 0 Å². The van der Waals surface area contributed by atoms with Gasteiger partial charge in [-0.3, -0.25) is 0 Å². The molecule has 2 aliphatic rings. The molecule has 0 atom stereocenters. The Labute approximate surface area is 188 Å². The summed E-state index contributed by atoms with van der Waals surface area (Å²) >= 11 is 0. The van der Waals surface area contributed by atoms with Gasteiger partial charge in [0.1, 0.15) is 0 Å². The summed E-state index contributed by atoms with van der Waals surface area (Å²) in [6.45, 7) is 0. The lowest BCUT2D eigenvalue weighted by Gasteiger charge is -2.19. The summed E-state index contributed by atoms with van der Waals surface area (Å²) in [5.74, 6) is -2.72. The Morgan fingerprint density at radius 2 is 0.844 bits per heavy atom. The third kappa shape index (κ3) is 5.72. The van der Waals surface area contributed by atoms with Crippen LogP contribution in [0, 0.1) is 0 Å². The Bertz CT molecular complexity index is 1140. The van der Waals surface area contributed by atoms with Gasteiger partial charge in [0.2, 0.25) is 0 Å². The van der Waals surface area contributed by atoms with E-state index in [1.807, 2.05) is 0 Å². The van der Waals surface area contributed by atoms with Crippen LogP contribution in [0.2, 0.25) is 0 Å². The normalized spacial score (nSPS) is 19.6. The zero-order chi connectivity index (χ0) is 24.2. The summed E-state index contributed by atoms with van der Waals surface area (Å²) < 4.78 is 97.9. The fourth-order valence-corrected chi connectivity index (χ4v) is 13.2. The van der Waals surface area contributed by atoms with E-state index >= 15 is 0 Å². The summed E-state index contributed by atoms with van der Waals surface area (Å²) in [7, 11) is -18.9. The molecule has 0 bridgehead atoms. The van der Waals surface area contributed by atoms with Crippen molar-refractivity contribution in [1.29, 1.82) is 0 Å². The minimum absolute atomic E-state index is 0.177. The highest BCUT2D eigenvalue weighted by atomic mass is 32.3. The van der Waals surface area contributed by atoms with Crippen LogP contribution in [0.1, 0.15) is 64.2 Å². The van der Waals surface area contributed by atoms with E-state index in [1.54, 1.807) is 0 Å². The summed E-state index contributed by atoms with van der Waals surface area (Å²) in [4.78, 5) is 4.89. The molecule has 16 heteroatoms. The minimum Gasteiger partial charge on any atom is -0.359 e. The van der Waals surface area contributed by atoms with Crippen LogP contribution in [-0.2, 0) is 39.3 Å². The molecule has 182 valence electrons. The third-order valence-electron chi connectivity index (χ3n) is 5.79. The van der Waals surface area contributed by atoms with Crippen LogP contribution in [0.15, 0.2) is 0 Å². The molecular formula is C16H26N4O8S4. The van der Waals surface area contributed by atoms with Crippen molar-refractivity contribution < 1.29 is 43.3 Å². The van der Waals surface area contributed by atoms with Crippen molar-refractivity contribution in [2.45, 2.75) is 74.7 Å². The predicted molar refractivity (Wildman–Crippen MR) is 116 cm³/mol. The van der Waals surface area contributed by atoms with E-state index in [0.717, 1.165) is 12.8 Å². The van der Waals surface area contributed by atoms with Crippen molar-refractivity contribution in [2.75, 3.05) is 11.5 Å². The van der Waals surface area contributed by atoms with Crippen LogP contribution in [0.4, 0.5) is 0 Å². The molecule has 2 rings (SSSR count). The van der Waals surface area contributed by atoms with E-state index < -0.39 is 70.1 Å². The molecule has 0 N–H and O–H groups in total. The van der Waals surface area contributed by atoms with Gasteiger partial charge in [0.05, 0.1) is 22.0 Å². The molecular weight excluding hydrogens is 504 g/mol. The molecule has 0 heterocycles. The first-order valence-electron chi connectivity index (χ1n) is 10.2. The molecule has 32 heavy (non-hydrogen) atoms. The lowest BCUT2D eigenvalue weighted by molar-refractivity contribution is 0.00330. The number of hydrogen-bond acceptors (Lipinski definition) is 8. The smallest absolute Gasteiger partial charge is 0.359 e. The van der Waals surface area contributed by atoms with Crippen molar-refractivity contribution >= 4 is 48.1 Å². The van der Waals surface area contributed by atoms with Crippen LogP contribution >= 0.6 is 0 Å². The van der Waals surface area contributed by atoms with Gasteiger partial charge >= 0.3 is 8.75 Å². The first-order valence-corrected chi connectivity index (χ1v) is 16.6. The predicted octanol–water partition coefficient (Wildman–Crippen LogP) is 0.483. The van der Waals surface area contributed by atoms with Crippen LogP contribution in [0.5, 0.6) is 0 Å². The van der Waals surface area contributed by atoms with Gasteiger partial charge in [0.25, 0.3) is 39.3 Å². The van der Waals surface area contributed by atoms with E-state index in [4.69, 9.17) is 11.1 Å². The van der Waals surface area contributed by atoms with Gasteiger partial charge in [-0.1, -0.05) is 38.5 Å². The molecule has 0 spiro atoms. The highest BCUT2D eigenvalue weighted by molar-refractivity contribution is 8.33. The molecule has 2 aliphatic carbocycles. The Morgan fingerprint density at radius 3 is 1.09 bits per heavy atom. The molecule has 0 aromatic rings. The van der Waals surface area contributed by atoms with E-state index in [1.165, 1.54) is 0 Å². The van der Waals surface area contributed by atoms with E-state index in [2.05, 4.69) is 9.58 Å². The summed E-state index contributed by atoms with van der Waals surface area (Å²) in [6, 6.07) is 0. The average molecular weight is 531 g/mol. The number of sulfone groups is 4. The fraction of sp³-hybridized carbons (Fsp3) is 0.875. The topological polar surface area (TPSA) is 209 Å². The van der Waals surface area contributed by atoms with Crippen molar-refractivity contribution in [3.8, 4) is 0 Å². The highest BCUT2D eigenvalue weighted by Crippen LogP contribution is 2.27. The molecule has 0 aromatic carbocycles. The van der Waals surface area contributed by atoms with Crippen LogP contribution in [0.25, 0.3) is 11.1 Å². The van der Waals surface area contributed by atoms with E-state index in [0.29, 0.717) is 25.7 Å². The first kappa shape index (κ1) is 26.8. The minimum atomic E-state index is -4.92. The Morgan fingerprint density at radius 1 is 0.562 bits per heavy atom. The summed E-state index contributed by atoms with van der Waals surface area (Å²) in [5, 5.41) is -2.15. The van der Waals surface area contributed by atoms with Gasteiger partial charge in [0.15, 0.2) is 0 Å². The number of hydrogen-bond donors (Lipinski definition) is 0. The van der Waals surface area contributed by atoms with E-state index in [9.17, 15) is 33.7 Å². The molecule has 0 aliphatic heterocycles. The summed E-state index contributed by atoms with van der Waals surface area (Å²) in [5.41, 5.74) is 18.3. The average Bonchev–Trinajstić information content (AvgIpc) is 2.74. The second kappa shape index (κ2) is 10.2. The maximum atomic E-state index is 12.7. The van der Waals surface area contributed by atoms with Gasteiger partial charge in [0, 0.05) is 0 Å². The number of rotatable bonds is 5. The van der Waals surface area contributed by atoms with Crippen LogP contribution in [0.3, 0.4) is 0 Å². The van der Waals surface area contributed by atoms with Crippen LogP contribution in [-0.4, -0.2) is 74.0 Å². The molecule has 0 aromatic heterocycles. The second-order valence-electron chi connectivity index (χ2n) is 7.98. The largest absolute Gasteiger partial charge is 0.495 e. The molecule has 2 fully saturated rings. The lowest BCUT2D eigenvalue weighted by atomic mass is 10.0. The lowest BCUT2D eigenvalue weighted by Crippen LogP contribution is -2.40. The van der Waals surface area contributed by atoms with Gasteiger partial charge in [-0.25, -0.2) is 33.7 Å². The monoisotopic (exact) mass is 530 g/mol. The number of nitrogens with zero attached hydrogens (tertiary/aromatic N) is 4. The van der Waals surface area contributed by atoms with Gasteiger partial charge < -0.3 is 11.1 Å². The Hall–Kier alpha value is -1.44. The van der Waals surface area contributed by atoms with Gasteiger partial charge in [-0.2, -0.15) is 0 Å². The molecule has 12 nitrogen and oxygen atoms in total. The highest BCUT2D eigenvalue weighted by Gasteiger charge is 2.50. The van der Waals surface area contributed by atoms with E-state index in [-0.39, 0.29) is 25.7 Å². The fourth-order valence-electron chi connectivity index (χ4n) is 4.02. The van der Waals surface area contributed by atoms with Crippen molar-refractivity contribution in [1.82, 2.24) is 0 Å². The standard InChI is InChI=1S/C16H26N4O8S4/c17-19-15(31(25,26)13-7-3-1-4-8-13)29(21,22)11-12-30(23,24)16(20-18)32(27,28)14-9-5-2-6-10-14/h13-14H,1-12H2. The molecule has 0 amide bonds. The zero-order valence-electron chi connectivity index (χ0n) is 17.3. The summed E-state index contributed by atoms with van der Waals surface area (Å²) in [6.07, 6.45) is 4.46. The molecule has 0 unspecified atom stereocenters. The van der Waals surface area contributed by atoms with Crippen molar-refractivity contribution in [3.05, 3.63) is 11.1 Å². The van der Waals surface area contributed by atoms with Crippen LogP contribution < -0.4 is 0 Å². The first-order chi connectivity index (χ1) is 14.8. The van der Waals surface area contributed by atoms with Gasteiger partial charge in [-0.05, 0) is 25.7 Å². The molecule has 2 saturated carbocycles. The zero-order valence-corrected chi connectivity index (χ0v) is 20.6.